The molecule has 1 saturated heterocycles. The van der Waals surface area contributed by atoms with E-state index in [1.807, 2.05) is 22.9 Å². The molecule has 0 spiro atoms. The van der Waals surface area contributed by atoms with Crippen LogP contribution in [0.2, 0.25) is 10.0 Å². The molecule has 2 heterocycles. The second kappa shape index (κ2) is 7.44. The van der Waals surface area contributed by atoms with E-state index in [0.717, 1.165) is 18.4 Å². The van der Waals surface area contributed by atoms with Crippen molar-refractivity contribution in [2.45, 2.75) is 45.1 Å². The van der Waals surface area contributed by atoms with Crippen molar-refractivity contribution in [2.24, 2.45) is 5.92 Å². The van der Waals surface area contributed by atoms with Crippen LogP contribution in [0.1, 0.15) is 25.8 Å². The lowest BCUT2D eigenvalue weighted by Crippen LogP contribution is -2.37. The maximum Gasteiger partial charge on any atom is 0.187 e. The maximum atomic E-state index is 6.33. The molecule has 1 aromatic carbocycles. The van der Waals surface area contributed by atoms with Crippen molar-refractivity contribution in [3.05, 3.63) is 52.5 Å². The summed E-state index contributed by atoms with van der Waals surface area (Å²) in [6.07, 6.45) is 7.05. The van der Waals surface area contributed by atoms with Crippen LogP contribution in [-0.2, 0) is 22.4 Å². The Hall–Kier alpha value is -1.07. The summed E-state index contributed by atoms with van der Waals surface area (Å²) in [6, 6.07) is 5.59. The van der Waals surface area contributed by atoms with Crippen LogP contribution in [0.15, 0.2) is 36.9 Å². The SMILES string of the molecule is CC(C)C1COC(CCc2ccc(Cl)cc2Cl)(Cn2ccnc2)O1. The standard InChI is InChI=1S/C18H22Cl2N2O2/c1-13(2)17-10-23-18(24-17,11-22-8-7-21-12-22)6-5-14-3-4-15(19)9-16(14)20/h3-4,7-9,12-13,17H,5-6,10-11H2,1-2H3. The number of hydrogen-bond acceptors (Lipinski definition) is 3. The molecule has 4 nitrogen and oxygen atoms in total. The van der Waals surface area contributed by atoms with Crippen molar-refractivity contribution < 1.29 is 9.47 Å². The van der Waals surface area contributed by atoms with Gasteiger partial charge in [0.2, 0.25) is 0 Å². The molecule has 2 atom stereocenters. The van der Waals surface area contributed by atoms with Crippen LogP contribution in [0.3, 0.4) is 0 Å². The summed E-state index contributed by atoms with van der Waals surface area (Å²) in [4.78, 5) is 4.11. The van der Waals surface area contributed by atoms with E-state index < -0.39 is 5.79 Å². The van der Waals surface area contributed by atoms with E-state index in [1.165, 1.54) is 0 Å². The minimum atomic E-state index is -0.654. The molecule has 0 radical (unpaired) electrons. The zero-order valence-corrected chi connectivity index (χ0v) is 15.4. The van der Waals surface area contributed by atoms with Gasteiger partial charge in [0.15, 0.2) is 5.79 Å². The van der Waals surface area contributed by atoms with E-state index in [1.54, 1.807) is 18.6 Å². The van der Waals surface area contributed by atoms with E-state index in [9.17, 15) is 0 Å². The van der Waals surface area contributed by atoms with Crippen LogP contribution in [-0.4, -0.2) is 28.0 Å². The first-order valence-corrected chi connectivity index (χ1v) is 8.94. The number of benzene rings is 1. The highest BCUT2D eigenvalue weighted by molar-refractivity contribution is 6.35. The molecule has 0 bridgehead atoms. The highest BCUT2D eigenvalue weighted by Gasteiger charge is 2.42. The summed E-state index contributed by atoms with van der Waals surface area (Å²) in [5.41, 5.74) is 1.05. The molecule has 1 aliphatic rings. The van der Waals surface area contributed by atoms with E-state index in [2.05, 4.69) is 18.8 Å². The lowest BCUT2D eigenvalue weighted by atomic mass is 10.0. The van der Waals surface area contributed by atoms with Crippen LogP contribution < -0.4 is 0 Å². The summed E-state index contributed by atoms with van der Waals surface area (Å²) >= 11 is 12.3. The van der Waals surface area contributed by atoms with Gasteiger partial charge in [-0.1, -0.05) is 43.1 Å². The molecule has 1 aliphatic heterocycles. The van der Waals surface area contributed by atoms with Gasteiger partial charge in [0.1, 0.15) is 0 Å². The lowest BCUT2D eigenvalue weighted by Gasteiger charge is -2.29. The molecule has 2 aromatic rings. The molecule has 0 aliphatic carbocycles. The molecule has 1 aromatic heterocycles. The summed E-state index contributed by atoms with van der Waals surface area (Å²) in [6.45, 7) is 5.52. The Labute approximate surface area is 152 Å². The normalized spacial score (nSPS) is 24.0. The molecule has 24 heavy (non-hydrogen) atoms. The zero-order chi connectivity index (χ0) is 17.2. The number of halogens is 2. The predicted octanol–water partition coefficient (Wildman–Crippen LogP) is 4.59. The van der Waals surface area contributed by atoms with Gasteiger partial charge in [-0.05, 0) is 30.0 Å². The molecule has 0 amide bonds. The van der Waals surface area contributed by atoms with Gasteiger partial charge in [-0.3, -0.25) is 0 Å². The second-order valence-electron chi connectivity index (χ2n) is 6.59. The maximum absolute atomic E-state index is 6.33. The van der Waals surface area contributed by atoms with Gasteiger partial charge < -0.3 is 14.0 Å². The fourth-order valence-corrected chi connectivity index (χ4v) is 3.41. The van der Waals surface area contributed by atoms with Crippen molar-refractivity contribution in [3.63, 3.8) is 0 Å². The first kappa shape index (κ1) is 17.7. The molecule has 1 fully saturated rings. The fourth-order valence-electron chi connectivity index (χ4n) is 2.91. The highest BCUT2D eigenvalue weighted by Crippen LogP contribution is 2.34. The Kier molecular flexibility index (Phi) is 5.50. The minimum absolute atomic E-state index is 0.106. The van der Waals surface area contributed by atoms with Crippen molar-refractivity contribution in [1.82, 2.24) is 9.55 Å². The van der Waals surface area contributed by atoms with Crippen LogP contribution in [0, 0.1) is 5.92 Å². The summed E-state index contributed by atoms with van der Waals surface area (Å²) in [7, 11) is 0. The second-order valence-corrected chi connectivity index (χ2v) is 7.44. The Balaban J connectivity index is 1.75. The first-order chi connectivity index (χ1) is 11.5. The van der Waals surface area contributed by atoms with Crippen molar-refractivity contribution >= 4 is 23.2 Å². The van der Waals surface area contributed by atoms with Gasteiger partial charge in [-0.15, -0.1) is 0 Å². The Morgan fingerprint density at radius 3 is 2.83 bits per heavy atom. The van der Waals surface area contributed by atoms with Crippen LogP contribution in [0.4, 0.5) is 0 Å². The average Bonchev–Trinajstić information content (AvgIpc) is 3.17. The number of ether oxygens (including phenoxy) is 2. The lowest BCUT2D eigenvalue weighted by molar-refractivity contribution is -0.185. The van der Waals surface area contributed by atoms with E-state index in [-0.39, 0.29) is 6.10 Å². The molecule has 2 unspecified atom stereocenters. The predicted molar refractivity (Wildman–Crippen MR) is 95.4 cm³/mol. The third-order valence-electron chi connectivity index (χ3n) is 4.39. The first-order valence-electron chi connectivity index (χ1n) is 8.19. The average molecular weight is 369 g/mol. The van der Waals surface area contributed by atoms with E-state index in [4.69, 9.17) is 32.7 Å². The van der Waals surface area contributed by atoms with Crippen LogP contribution in [0.25, 0.3) is 0 Å². The summed E-state index contributed by atoms with van der Waals surface area (Å²) in [5, 5.41) is 1.32. The summed E-state index contributed by atoms with van der Waals surface area (Å²) < 4.78 is 14.5. The smallest absolute Gasteiger partial charge is 0.187 e. The van der Waals surface area contributed by atoms with Gasteiger partial charge in [-0.2, -0.15) is 0 Å². The van der Waals surface area contributed by atoms with Gasteiger partial charge in [0, 0.05) is 28.9 Å². The number of aryl methyl sites for hydroxylation is 1. The van der Waals surface area contributed by atoms with Crippen molar-refractivity contribution in [1.29, 1.82) is 0 Å². The molecule has 0 N–H and O–H groups in total. The Morgan fingerprint density at radius 1 is 1.38 bits per heavy atom. The zero-order valence-electron chi connectivity index (χ0n) is 13.9. The van der Waals surface area contributed by atoms with E-state index >= 15 is 0 Å². The quantitative estimate of drug-likeness (QED) is 0.747. The number of hydrogen-bond donors (Lipinski definition) is 0. The minimum Gasteiger partial charge on any atom is -0.345 e. The van der Waals surface area contributed by atoms with Crippen molar-refractivity contribution in [2.75, 3.05) is 6.61 Å². The monoisotopic (exact) mass is 368 g/mol. The highest BCUT2D eigenvalue weighted by atomic mass is 35.5. The van der Waals surface area contributed by atoms with Crippen molar-refractivity contribution in [3.8, 4) is 0 Å². The summed E-state index contributed by atoms with van der Waals surface area (Å²) in [5.74, 6) is -0.243. The van der Waals surface area contributed by atoms with Gasteiger partial charge in [0.05, 0.1) is 25.6 Å². The Bertz CT molecular complexity index is 676. The molecule has 3 rings (SSSR count). The molecule has 6 heteroatoms. The number of nitrogens with zero attached hydrogens (tertiary/aromatic N) is 2. The Morgan fingerprint density at radius 2 is 2.21 bits per heavy atom. The van der Waals surface area contributed by atoms with Crippen LogP contribution >= 0.6 is 23.2 Å². The molecule has 130 valence electrons. The van der Waals surface area contributed by atoms with Gasteiger partial charge in [-0.25, -0.2) is 4.98 Å². The largest absolute Gasteiger partial charge is 0.345 e. The molecular weight excluding hydrogens is 347 g/mol. The molecule has 0 saturated carbocycles. The number of imidazole rings is 1. The van der Waals surface area contributed by atoms with Crippen LogP contribution in [0.5, 0.6) is 0 Å². The van der Waals surface area contributed by atoms with Gasteiger partial charge in [0.25, 0.3) is 0 Å². The molecular formula is C18H22Cl2N2O2. The third-order valence-corrected chi connectivity index (χ3v) is 4.98. The van der Waals surface area contributed by atoms with E-state index in [0.29, 0.717) is 29.1 Å². The number of rotatable bonds is 6. The third kappa shape index (κ3) is 4.12. The van der Waals surface area contributed by atoms with Gasteiger partial charge >= 0.3 is 0 Å². The fraction of sp³-hybridized carbons (Fsp3) is 0.500. The number of aromatic nitrogens is 2. The topological polar surface area (TPSA) is 36.3 Å².